The molecule has 0 aliphatic carbocycles. The van der Waals surface area contributed by atoms with Gasteiger partial charge in [-0.15, -0.1) is 0 Å². The van der Waals surface area contributed by atoms with Gasteiger partial charge in [-0.05, 0) is 11.1 Å². The van der Waals surface area contributed by atoms with E-state index in [9.17, 15) is 15.0 Å². The number of ether oxygens (including phenoxy) is 1. The van der Waals surface area contributed by atoms with Crippen molar-refractivity contribution in [3.8, 4) is 0 Å². The number of rotatable bonds is 7. The maximum atomic E-state index is 12.2. The lowest BCUT2D eigenvalue weighted by atomic mass is 10.0. The van der Waals surface area contributed by atoms with Gasteiger partial charge < -0.3 is 20.7 Å². The van der Waals surface area contributed by atoms with Crippen LogP contribution in [0.5, 0.6) is 0 Å². The summed E-state index contributed by atoms with van der Waals surface area (Å²) >= 11 is 0. The van der Waals surface area contributed by atoms with E-state index in [1.807, 2.05) is 60.7 Å². The van der Waals surface area contributed by atoms with E-state index in [0.29, 0.717) is 13.1 Å². The Morgan fingerprint density at radius 3 is 2.26 bits per heavy atom. The number of hydrogen-bond donors (Lipinski definition) is 4. The van der Waals surface area contributed by atoms with E-state index in [0.717, 1.165) is 11.1 Å². The maximum absolute atomic E-state index is 12.2. The number of hydrogen-bond acceptors (Lipinski definition) is 8. The summed E-state index contributed by atoms with van der Waals surface area (Å²) in [5.74, 6) is -0.0585. The number of anilines is 1. The molecule has 176 valence electrons. The minimum atomic E-state index is -1.04. The second-order valence-electron chi connectivity index (χ2n) is 8.38. The minimum Gasteiger partial charge on any atom is -0.394 e. The molecule has 1 aliphatic rings. The normalized spacial score (nSPS) is 22.6. The Bertz CT molecular complexity index is 1270. The highest BCUT2D eigenvalue weighted by molar-refractivity contribution is 5.70. The van der Waals surface area contributed by atoms with Crippen molar-refractivity contribution in [3.05, 3.63) is 88.5 Å². The van der Waals surface area contributed by atoms with E-state index < -0.39 is 30.0 Å². The van der Waals surface area contributed by atoms with Gasteiger partial charge in [-0.25, -0.2) is 4.98 Å². The van der Waals surface area contributed by atoms with Crippen molar-refractivity contribution >= 4 is 17.1 Å². The molecule has 10 heteroatoms. The summed E-state index contributed by atoms with van der Waals surface area (Å²) in [6.45, 7) is 0.792. The van der Waals surface area contributed by atoms with Gasteiger partial charge in [-0.3, -0.25) is 19.2 Å². The second kappa shape index (κ2) is 9.35. The molecule has 0 spiro atoms. The van der Waals surface area contributed by atoms with Gasteiger partial charge in [0.2, 0.25) is 5.95 Å². The molecule has 4 atom stereocenters. The molecule has 3 heterocycles. The van der Waals surface area contributed by atoms with Crippen molar-refractivity contribution in [2.45, 2.75) is 37.6 Å². The van der Waals surface area contributed by atoms with E-state index >= 15 is 0 Å². The molecule has 34 heavy (non-hydrogen) atoms. The van der Waals surface area contributed by atoms with Gasteiger partial charge in [0.25, 0.3) is 5.56 Å². The first-order valence-corrected chi connectivity index (χ1v) is 11.0. The van der Waals surface area contributed by atoms with Crippen molar-refractivity contribution in [1.29, 1.82) is 0 Å². The molecule has 4 aromatic rings. The van der Waals surface area contributed by atoms with Crippen molar-refractivity contribution < 1.29 is 14.9 Å². The third-order valence-corrected chi connectivity index (χ3v) is 6.12. The van der Waals surface area contributed by atoms with Crippen molar-refractivity contribution in [2.24, 2.45) is 0 Å². The number of benzene rings is 2. The largest absolute Gasteiger partial charge is 0.394 e. The minimum absolute atomic E-state index is 0.0585. The average molecular weight is 463 g/mol. The summed E-state index contributed by atoms with van der Waals surface area (Å²) in [6.07, 6.45) is -1.22. The number of aromatic amines is 1. The molecule has 0 radical (unpaired) electrons. The number of aliphatic hydroxyl groups excluding tert-OH is 2. The lowest BCUT2D eigenvalue weighted by Gasteiger charge is -2.33. The highest BCUT2D eigenvalue weighted by Crippen LogP contribution is 2.35. The summed E-state index contributed by atoms with van der Waals surface area (Å²) in [7, 11) is 0. The summed E-state index contributed by atoms with van der Waals surface area (Å²) in [5.41, 5.74) is 7.70. The summed E-state index contributed by atoms with van der Waals surface area (Å²) < 4.78 is 7.61. The molecule has 1 aliphatic heterocycles. The standard InChI is InChI=1S/C24H26N6O4/c25-24-27-21-18(22(33)28-24)26-14-30(21)23-20(32)19(17(13-31)34-23)29(11-15-7-3-1-4-8-15)12-16-9-5-2-6-10-16/h1-10,14,17,19-20,23,31-32H,11-13H2,(H3,25,27,28,33)/t17-,19+,20?,23-/m1/s1. The Morgan fingerprint density at radius 2 is 1.68 bits per heavy atom. The van der Waals surface area contributed by atoms with Crippen LogP contribution in [0.15, 0.2) is 71.8 Å². The van der Waals surface area contributed by atoms with Gasteiger partial charge in [-0.2, -0.15) is 4.98 Å². The Balaban J connectivity index is 1.51. The van der Waals surface area contributed by atoms with Crippen molar-refractivity contribution in [2.75, 3.05) is 12.3 Å². The first kappa shape index (κ1) is 22.2. The number of nitrogens with one attached hydrogen (secondary N) is 1. The molecule has 1 fully saturated rings. The van der Waals surface area contributed by atoms with Gasteiger partial charge in [0.15, 0.2) is 17.4 Å². The Kier molecular flexibility index (Phi) is 6.12. The van der Waals surface area contributed by atoms with Crippen LogP contribution in [-0.4, -0.2) is 59.5 Å². The summed E-state index contributed by atoms with van der Waals surface area (Å²) in [6, 6.07) is 19.3. The Hall–Kier alpha value is -3.57. The first-order chi connectivity index (χ1) is 16.5. The van der Waals surface area contributed by atoms with Crippen LogP contribution >= 0.6 is 0 Å². The topological polar surface area (TPSA) is 143 Å². The molecular formula is C24H26N6O4. The van der Waals surface area contributed by atoms with Crippen LogP contribution in [0.1, 0.15) is 17.4 Å². The van der Waals surface area contributed by atoms with E-state index in [-0.39, 0.29) is 23.7 Å². The number of imidazole rings is 1. The molecular weight excluding hydrogens is 436 g/mol. The van der Waals surface area contributed by atoms with Crippen molar-refractivity contribution in [1.82, 2.24) is 24.4 Å². The lowest BCUT2D eigenvalue weighted by molar-refractivity contribution is -0.0501. The second-order valence-corrected chi connectivity index (χ2v) is 8.38. The van der Waals surface area contributed by atoms with Gasteiger partial charge in [0.1, 0.15) is 12.2 Å². The number of nitrogens with zero attached hydrogens (tertiary/aromatic N) is 4. The third-order valence-electron chi connectivity index (χ3n) is 6.12. The molecule has 5 rings (SSSR count). The van der Waals surface area contributed by atoms with E-state index in [4.69, 9.17) is 10.5 Å². The van der Waals surface area contributed by atoms with Gasteiger partial charge in [0.05, 0.1) is 19.0 Å². The third kappa shape index (κ3) is 4.19. The van der Waals surface area contributed by atoms with Crippen LogP contribution in [0.3, 0.4) is 0 Å². The smallest absolute Gasteiger partial charge is 0.280 e. The monoisotopic (exact) mass is 462 g/mol. The summed E-state index contributed by atoms with van der Waals surface area (Å²) in [4.78, 5) is 25.0. The lowest BCUT2D eigenvalue weighted by Crippen LogP contribution is -2.47. The molecule has 0 bridgehead atoms. The molecule has 5 N–H and O–H groups in total. The highest BCUT2D eigenvalue weighted by Gasteiger charge is 2.47. The first-order valence-electron chi connectivity index (χ1n) is 11.0. The quantitative estimate of drug-likeness (QED) is 0.319. The number of aliphatic hydroxyl groups is 2. The molecule has 1 saturated heterocycles. The molecule has 1 unspecified atom stereocenters. The highest BCUT2D eigenvalue weighted by atomic mass is 16.5. The van der Waals surface area contributed by atoms with Gasteiger partial charge in [-0.1, -0.05) is 60.7 Å². The zero-order chi connectivity index (χ0) is 23.7. The van der Waals surface area contributed by atoms with Gasteiger partial charge in [0, 0.05) is 13.1 Å². The van der Waals surface area contributed by atoms with Crippen molar-refractivity contribution in [3.63, 3.8) is 0 Å². The fourth-order valence-corrected chi connectivity index (χ4v) is 4.59. The SMILES string of the molecule is Nc1nc2c(ncn2[C@@H]2O[C@H](CO)[C@H](N(Cc3ccccc3)Cc3ccccc3)C2O)c(=O)[nH]1. The molecule has 2 aromatic carbocycles. The summed E-state index contributed by atoms with van der Waals surface area (Å²) in [5, 5.41) is 21.6. The number of H-pyrrole nitrogens is 1. The predicted molar refractivity (Wildman–Crippen MR) is 125 cm³/mol. The van der Waals surface area contributed by atoms with Crippen LogP contribution in [0.2, 0.25) is 0 Å². The Labute approximate surface area is 195 Å². The van der Waals surface area contributed by atoms with E-state index in [2.05, 4.69) is 19.9 Å². The predicted octanol–water partition coefficient (Wildman–Crippen LogP) is 1.02. The fraction of sp³-hybridized carbons (Fsp3) is 0.292. The zero-order valence-electron chi connectivity index (χ0n) is 18.4. The van der Waals surface area contributed by atoms with E-state index in [1.165, 1.54) is 10.9 Å². The number of fused-ring (bicyclic) bond motifs is 1. The average Bonchev–Trinajstić information content (AvgIpc) is 3.40. The molecule has 0 saturated carbocycles. The van der Waals surface area contributed by atoms with E-state index in [1.54, 1.807) is 0 Å². The molecule has 10 nitrogen and oxygen atoms in total. The number of aromatic nitrogens is 4. The van der Waals surface area contributed by atoms with Crippen LogP contribution < -0.4 is 11.3 Å². The van der Waals surface area contributed by atoms with Crippen LogP contribution in [0, 0.1) is 0 Å². The Morgan fingerprint density at radius 1 is 1.06 bits per heavy atom. The fourth-order valence-electron chi connectivity index (χ4n) is 4.59. The van der Waals surface area contributed by atoms with Crippen LogP contribution in [0.4, 0.5) is 5.95 Å². The zero-order valence-corrected chi connectivity index (χ0v) is 18.4. The molecule has 2 aromatic heterocycles. The van der Waals surface area contributed by atoms with Crippen LogP contribution in [0.25, 0.3) is 11.2 Å². The van der Waals surface area contributed by atoms with Crippen LogP contribution in [-0.2, 0) is 17.8 Å². The van der Waals surface area contributed by atoms with Gasteiger partial charge >= 0.3 is 0 Å². The maximum Gasteiger partial charge on any atom is 0.280 e. The molecule has 0 amide bonds. The number of nitrogens with two attached hydrogens (primary N) is 1. The number of nitrogen functional groups attached to an aromatic ring is 1.